The first kappa shape index (κ1) is 10.9. The Bertz CT molecular complexity index is 224. The maximum absolute atomic E-state index is 12.2. The number of nitrogens with one attached hydrogen (secondary N) is 1. The zero-order valence-corrected chi connectivity index (χ0v) is 9.67. The minimum Gasteiger partial charge on any atom is -0.340 e. The number of hydrogen-bond donors (Lipinski definition) is 1. The van der Waals surface area contributed by atoms with Gasteiger partial charge in [-0.15, -0.1) is 0 Å². The second-order valence-corrected chi connectivity index (χ2v) is 4.92. The average molecular weight is 210 g/mol. The fourth-order valence-electron chi connectivity index (χ4n) is 2.70. The zero-order chi connectivity index (χ0) is 10.7. The molecule has 2 saturated heterocycles. The molecule has 3 nitrogen and oxygen atoms in total. The van der Waals surface area contributed by atoms with Gasteiger partial charge in [0.25, 0.3) is 0 Å². The van der Waals surface area contributed by atoms with Crippen LogP contribution in [0.2, 0.25) is 0 Å². The lowest BCUT2D eigenvalue weighted by molar-refractivity contribution is -0.136. The van der Waals surface area contributed by atoms with Crippen LogP contribution in [0.5, 0.6) is 0 Å². The van der Waals surface area contributed by atoms with E-state index in [-0.39, 0.29) is 5.92 Å². The Hall–Kier alpha value is -0.570. The Balaban J connectivity index is 1.96. The van der Waals surface area contributed by atoms with Crippen LogP contribution < -0.4 is 5.32 Å². The van der Waals surface area contributed by atoms with Crippen LogP contribution in [-0.2, 0) is 4.79 Å². The second-order valence-electron chi connectivity index (χ2n) is 4.92. The van der Waals surface area contributed by atoms with Crippen molar-refractivity contribution in [1.82, 2.24) is 10.2 Å². The van der Waals surface area contributed by atoms with E-state index in [1.807, 2.05) is 0 Å². The Morgan fingerprint density at radius 3 is 2.87 bits per heavy atom. The normalized spacial score (nSPS) is 32.7. The summed E-state index contributed by atoms with van der Waals surface area (Å²) in [6.07, 6.45) is 5.98. The minimum atomic E-state index is 0.255. The quantitative estimate of drug-likeness (QED) is 0.709. The lowest BCUT2D eigenvalue weighted by Gasteiger charge is -2.29. The number of rotatable bonds is 1. The topological polar surface area (TPSA) is 32.3 Å². The number of carbonyl (C=O) groups is 1. The van der Waals surface area contributed by atoms with Crippen LogP contribution in [0, 0.1) is 5.92 Å². The molecule has 1 amide bonds. The standard InChI is InChI=1S/C12H22N2O/c1-10-5-3-2-4-8-14(10)12(15)11-6-7-13-9-11/h10-11,13H,2-9H2,1H3/t10?,11-/m0/s1. The van der Waals surface area contributed by atoms with Crippen molar-refractivity contribution in [2.45, 2.75) is 45.1 Å². The van der Waals surface area contributed by atoms with Gasteiger partial charge < -0.3 is 10.2 Å². The summed E-state index contributed by atoms with van der Waals surface area (Å²) >= 11 is 0. The van der Waals surface area contributed by atoms with Gasteiger partial charge in [-0.2, -0.15) is 0 Å². The molecule has 0 aromatic carbocycles. The van der Waals surface area contributed by atoms with E-state index in [1.54, 1.807) is 0 Å². The summed E-state index contributed by atoms with van der Waals surface area (Å²) in [6, 6.07) is 0.459. The van der Waals surface area contributed by atoms with Crippen molar-refractivity contribution in [1.29, 1.82) is 0 Å². The third kappa shape index (κ3) is 2.51. The van der Waals surface area contributed by atoms with Gasteiger partial charge in [0.1, 0.15) is 0 Å². The van der Waals surface area contributed by atoms with Crippen molar-refractivity contribution in [2.24, 2.45) is 5.92 Å². The zero-order valence-electron chi connectivity index (χ0n) is 9.67. The van der Waals surface area contributed by atoms with E-state index in [0.29, 0.717) is 11.9 Å². The van der Waals surface area contributed by atoms with E-state index >= 15 is 0 Å². The van der Waals surface area contributed by atoms with Crippen LogP contribution in [-0.4, -0.2) is 36.5 Å². The molecule has 2 aliphatic heterocycles. The van der Waals surface area contributed by atoms with Crippen molar-refractivity contribution in [3.05, 3.63) is 0 Å². The minimum absolute atomic E-state index is 0.255. The van der Waals surface area contributed by atoms with E-state index in [0.717, 1.165) is 26.1 Å². The summed E-state index contributed by atoms with van der Waals surface area (Å²) in [5.74, 6) is 0.653. The largest absolute Gasteiger partial charge is 0.340 e. The second kappa shape index (κ2) is 4.97. The molecule has 86 valence electrons. The van der Waals surface area contributed by atoms with Crippen LogP contribution in [0.25, 0.3) is 0 Å². The summed E-state index contributed by atoms with van der Waals surface area (Å²) in [7, 11) is 0. The lowest BCUT2D eigenvalue weighted by Crippen LogP contribution is -2.42. The van der Waals surface area contributed by atoms with Crippen LogP contribution in [0.3, 0.4) is 0 Å². The van der Waals surface area contributed by atoms with Gasteiger partial charge in [0.2, 0.25) is 5.91 Å². The third-order valence-electron chi connectivity index (χ3n) is 3.75. The van der Waals surface area contributed by atoms with Gasteiger partial charge in [-0.3, -0.25) is 4.79 Å². The van der Waals surface area contributed by atoms with E-state index < -0.39 is 0 Å². The van der Waals surface area contributed by atoms with Gasteiger partial charge in [0, 0.05) is 19.1 Å². The summed E-state index contributed by atoms with van der Waals surface area (Å²) < 4.78 is 0. The van der Waals surface area contributed by atoms with E-state index in [1.165, 1.54) is 25.7 Å². The van der Waals surface area contributed by atoms with E-state index in [9.17, 15) is 4.79 Å². The predicted octanol–water partition coefficient (Wildman–Crippen LogP) is 1.39. The molecule has 0 aromatic rings. The molecule has 3 heteroatoms. The van der Waals surface area contributed by atoms with Crippen LogP contribution in [0.4, 0.5) is 0 Å². The molecular weight excluding hydrogens is 188 g/mol. The van der Waals surface area contributed by atoms with Gasteiger partial charge in [0.15, 0.2) is 0 Å². The smallest absolute Gasteiger partial charge is 0.227 e. The molecule has 0 aliphatic carbocycles. The molecular formula is C12H22N2O. The fourth-order valence-corrected chi connectivity index (χ4v) is 2.70. The van der Waals surface area contributed by atoms with Crippen molar-refractivity contribution in [3.8, 4) is 0 Å². The van der Waals surface area contributed by atoms with Crippen LogP contribution in [0.1, 0.15) is 39.0 Å². The molecule has 2 aliphatic rings. The van der Waals surface area contributed by atoms with Crippen molar-refractivity contribution < 1.29 is 4.79 Å². The maximum Gasteiger partial charge on any atom is 0.227 e. The number of carbonyl (C=O) groups excluding carboxylic acids is 1. The Labute approximate surface area is 92.2 Å². The first-order valence-electron chi connectivity index (χ1n) is 6.30. The maximum atomic E-state index is 12.2. The number of hydrogen-bond acceptors (Lipinski definition) is 2. The summed E-state index contributed by atoms with van der Waals surface area (Å²) in [5.41, 5.74) is 0. The Morgan fingerprint density at radius 1 is 1.27 bits per heavy atom. The van der Waals surface area contributed by atoms with Gasteiger partial charge >= 0.3 is 0 Å². The number of likely N-dealkylation sites (tertiary alicyclic amines) is 1. The summed E-state index contributed by atoms with van der Waals surface area (Å²) in [6.45, 7) is 5.09. The molecule has 15 heavy (non-hydrogen) atoms. The lowest BCUT2D eigenvalue weighted by atomic mass is 10.1. The van der Waals surface area contributed by atoms with Crippen LogP contribution in [0.15, 0.2) is 0 Å². The molecule has 1 N–H and O–H groups in total. The highest BCUT2D eigenvalue weighted by Gasteiger charge is 2.30. The highest BCUT2D eigenvalue weighted by molar-refractivity contribution is 5.79. The molecule has 2 rings (SSSR count). The molecule has 2 heterocycles. The molecule has 0 aromatic heterocycles. The van der Waals surface area contributed by atoms with Gasteiger partial charge in [-0.1, -0.05) is 12.8 Å². The first-order chi connectivity index (χ1) is 7.29. The SMILES string of the molecule is CC1CCCCCN1C(=O)[C@H]1CCNC1. The van der Waals surface area contributed by atoms with Gasteiger partial charge in [-0.25, -0.2) is 0 Å². The van der Waals surface area contributed by atoms with Crippen LogP contribution >= 0.6 is 0 Å². The van der Waals surface area contributed by atoms with Crippen molar-refractivity contribution in [3.63, 3.8) is 0 Å². The Kier molecular flexibility index (Phi) is 3.62. The monoisotopic (exact) mass is 210 g/mol. The summed E-state index contributed by atoms with van der Waals surface area (Å²) in [4.78, 5) is 14.4. The number of amides is 1. The third-order valence-corrected chi connectivity index (χ3v) is 3.75. The van der Waals surface area contributed by atoms with E-state index in [2.05, 4.69) is 17.1 Å². The van der Waals surface area contributed by atoms with Gasteiger partial charge in [0.05, 0.1) is 5.92 Å². The number of nitrogens with zero attached hydrogens (tertiary/aromatic N) is 1. The average Bonchev–Trinajstić information content (AvgIpc) is 2.68. The highest BCUT2D eigenvalue weighted by Crippen LogP contribution is 2.20. The Morgan fingerprint density at radius 2 is 2.13 bits per heavy atom. The molecule has 0 bridgehead atoms. The predicted molar refractivity (Wildman–Crippen MR) is 60.6 cm³/mol. The molecule has 2 fully saturated rings. The first-order valence-corrected chi connectivity index (χ1v) is 6.30. The fraction of sp³-hybridized carbons (Fsp3) is 0.917. The molecule has 0 spiro atoms. The van der Waals surface area contributed by atoms with Gasteiger partial charge in [-0.05, 0) is 32.7 Å². The van der Waals surface area contributed by atoms with Crippen molar-refractivity contribution in [2.75, 3.05) is 19.6 Å². The van der Waals surface area contributed by atoms with Crippen molar-refractivity contribution >= 4 is 5.91 Å². The summed E-state index contributed by atoms with van der Waals surface area (Å²) in [5, 5.41) is 3.28. The molecule has 0 radical (unpaired) electrons. The highest BCUT2D eigenvalue weighted by atomic mass is 16.2. The molecule has 1 unspecified atom stereocenters. The molecule has 0 saturated carbocycles. The van der Waals surface area contributed by atoms with E-state index in [4.69, 9.17) is 0 Å². The molecule has 2 atom stereocenters.